The monoisotopic (exact) mass is 456 g/mol. The molecule has 0 spiro atoms. The summed E-state index contributed by atoms with van der Waals surface area (Å²) >= 11 is 0. The Labute approximate surface area is 199 Å². The van der Waals surface area contributed by atoms with Gasteiger partial charge in [0.2, 0.25) is 0 Å². The van der Waals surface area contributed by atoms with Crippen molar-refractivity contribution in [3.8, 4) is 0 Å². The summed E-state index contributed by atoms with van der Waals surface area (Å²) in [7, 11) is 0. The number of nitrogens with one attached hydrogen (secondary N) is 1. The summed E-state index contributed by atoms with van der Waals surface area (Å²) in [6.45, 7) is 6.66. The van der Waals surface area contributed by atoms with Crippen molar-refractivity contribution in [2.24, 2.45) is 0 Å². The highest BCUT2D eigenvalue weighted by atomic mass is 16.1. The Balaban J connectivity index is 1.59. The Kier molecular flexibility index (Phi) is 6.54. The summed E-state index contributed by atoms with van der Waals surface area (Å²) in [5, 5.41) is 13.9. The lowest BCUT2D eigenvalue weighted by atomic mass is 9.99. The van der Waals surface area contributed by atoms with E-state index in [1.807, 2.05) is 17.7 Å². The normalized spacial score (nSPS) is 15.9. The zero-order valence-corrected chi connectivity index (χ0v) is 20.0. The average molecular weight is 457 g/mol. The molecule has 1 saturated heterocycles. The minimum absolute atomic E-state index is 0.0620. The molecule has 0 radical (unpaired) electrons. The molecule has 2 aromatic carbocycles. The van der Waals surface area contributed by atoms with Crippen molar-refractivity contribution < 1.29 is 0 Å². The van der Waals surface area contributed by atoms with Crippen molar-refractivity contribution in [1.82, 2.24) is 30.1 Å². The standard InChI is InChI=1S/C27H32N6O/c1-19-12-13-20(2)24-22(19)18-23(27(34)28-24)25(32-15-8-3-4-9-16-32)26-29-30-31-33(26)17-14-21-10-6-5-7-11-21/h5-7,10-13,18,25H,3-4,8-9,14-17H2,1-2H3,(H,28,34)/t25-/m0/s1. The Hall–Kier alpha value is -3.32. The van der Waals surface area contributed by atoms with E-state index in [9.17, 15) is 4.79 Å². The van der Waals surface area contributed by atoms with Gasteiger partial charge in [0.25, 0.3) is 5.56 Å². The van der Waals surface area contributed by atoms with Crippen LogP contribution >= 0.6 is 0 Å². The van der Waals surface area contributed by atoms with Crippen LogP contribution in [0.4, 0.5) is 0 Å². The fourth-order valence-electron chi connectivity index (χ4n) is 5.09. The number of nitrogens with zero attached hydrogens (tertiary/aromatic N) is 5. The lowest BCUT2D eigenvalue weighted by molar-refractivity contribution is 0.220. The smallest absolute Gasteiger partial charge is 0.253 e. The molecule has 4 aromatic rings. The number of aryl methyl sites for hydroxylation is 4. The molecule has 1 aliphatic heterocycles. The molecule has 7 heteroatoms. The van der Waals surface area contributed by atoms with Gasteiger partial charge in [0.05, 0.1) is 5.52 Å². The van der Waals surface area contributed by atoms with Crippen LogP contribution in [0.15, 0.2) is 53.3 Å². The van der Waals surface area contributed by atoms with Gasteiger partial charge >= 0.3 is 0 Å². The Morgan fingerprint density at radius 3 is 2.47 bits per heavy atom. The van der Waals surface area contributed by atoms with E-state index >= 15 is 0 Å². The third-order valence-corrected chi connectivity index (χ3v) is 7.03. The van der Waals surface area contributed by atoms with Crippen molar-refractivity contribution in [1.29, 1.82) is 0 Å². The van der Waals surface area contributed by atoms with Gasteiger partial charge in [-0.25, -0.2) is 4.68 Å². The van der Waals surface area contributed by atoms with E-state index < -0.39 is 0 Å². The number of rotatable bonds is 6. The zero-order chi connectivity index (χ0) is 23.5. The van der Waals surface area contributed by atoms with Crippen LogP contribution < -0.4 is 5.56 Å². The predicted octanol–water partition coefficient (Wildman–Crippen LogP) is 4.34. The molecule has 34 heavy (non-hydrogen) atoms. The molecule has 0 amide bonds. The largest absolute Gasteiger partial charge is 0.321 e. The molecule has 0 unspecified atom stereocenters. The molecule has 0 aliphatic carbocycles. The van der Waals surface area contributed by atoms with Gasteiger partial charge in [-0.3, -0.25) is 9.69 Å². The fraction of sp³-hybridized carbons (Fsp3) is 0.407. The molecule has 1 fully saturated rings. The van der Waals surface area contributed by atoms with Gasteiger partial charge in [-0.05, 0) is 79.4 Å². The van der Waals surface area contributed by atoms with E-state index in [-0.39, 0.29) is 11.6 Å². The molecule has 0 bridgehead atoms. The topological polar surface area (TPSA) is 79.7 Å². The summed E-state index contributed by atoms with van der Waals surface area (Å²) in [6, 6.07) is 16.3. The highest BCUT2D eigenvalue weighted by Gasteiger charge is 2.31. The highest BCUT2D eigenvalue weighted by molar-refractivity contribution is 5.85. The Bertz CT molecular complexity index is 1320. The second kappa shape index (κ2) is 9.89. The van der Waals surface area contributed by atoms with E-state index in [2.05, 4.69) is 74.8 Å². The Morgan fingerprint density at radius 1 is 0.971 bits per heavy atom. The third-order valence-electron chi connectivity index (χ3n) is 7.03. The van der Waals surface area contributed by atoms with Gasteiger partial charge < -0.3 is 4.98 Å². The Morgan fingerprint density at radius 2 is 1.71 bits per heavy atom. The maximum Gasteiger partial charge on any atom is 0.253 e. The van der Waals surface area contributed by atoms with Crippen LogP contribution in [0.25, 0.3) is 10.9 Å². The second-order valence-electron chi connectivity index (χ2n) is 9.39. The molecule has 1 atom stereocenters. The number of H-pyrrole nitrogens is 1. The van der Waals surface area contributed by atoms with Crippen molar-refractivity contribution in [2.45, 2.75) is 58.5 Å². The number of aromatic nitrogens is 5. The van der Waals surface area contributed by atoms with Crippen LogP contribution in [0.1, 0.15) is 59.8 Å². The summed E-state index contributed by atoms with van der Waals surface area (Å²) in [6.07, 6.45) is 5.50. The van der Waals surface area contributed by atoms with Gasteiger partial charge in [0.15, 0.2) is 5.82 Å². The first-order chi connectivity index (χ1) is 16.6. The molecule has 2 aromatic heterocycles. The number of benzene rings is 2. The molecule has 5 rings (SSSR count). The van der Waals surface area contributed by atoms with Crippen LogP contribution in [-0.2, 0) is 13.0 Å². The van der Waals surface area contributed by atoms with Crippen LogP contribution in [0.2, 0.25) is 0 Å². The number of tetrazole rings is 1. The van der Waals surface area contributed by atoms with Crippen molar-refractivity contribution in [3.05, 3.63) is 87.0 Å². The lowest BCUT2D eigenvalue weighted by Gasteiger charge is -2.29. The second-order valence-corrected chi connectivity index (χ2v) is 9.39. The van der Waals surface area contributed by atoms with E-state index in [0.717, 1.165) is 65.8 Å². The molecule has 7 nitrogen and oxygen atoms in total. The molecular formula is C27H32N6O. The zero-order valence-electron chi connectivity index (χ0n) is 20.0. The first-order valence-electron chi connectivity index (χ1n) is 12.3. The maximum atomic E-state index is 13.5. The first-order valence-corrected chi connectivity index (χ1v) is 12.3. The van der Waals surface area contributed by atoms with E-state index in [4.69, 9.17) is 0 Å². The van der Waals surface area contributed by atoms with Crippen LogP contribution in [0, 0.1) is 13.8 Å². The SMILES string of the molecule is Cc1ccc(C)c2[nH]c(=O)c([C@@H](c3nnnn3CCc3ccccc3)N3CCCCCC3)cc12. The van der Waals surface area contributed by atoms with Gasteiger partial charge in [-0.1, -0.05) is 55.3 Å². The number of likely N-dealkylation sites (tertiary alicyclic amines) is 1. The molecule has 3 heterocycles. The van der Waals surface area contributed by atoms with Crippen LogP contribution in [0.3, 0.4) is 0 Å². The number of fused-ring (bicyclic) bond motifs is 1. The third kappa shape index (κ3) is 4.53. The highest BCUT2D eigenvalue weighted by Crippen LogP contribution is 2.30. The lowest BCUT2D eigenvalue weighted by Crippen LogP contribution is -2.36. The number of pyridine rings is 1. The van der Waals surface area contributed by atoms with E-state index in [1.54, 1.807) is 0 Å². The number of hydrogen-bond acceptors (Lipinski definition) is 5. The molecular weight excluding hydrogens is 424 g/mol. The number of hydrogen-bond donors (Lipinski definition) is 1. The molecule has 176 valence electrons. The van der Waals surface area contributed by atoms with Gasteiger partial charge in [-0.2, -0.15) is 0 Å². The summed E-state index contributed by atoms with van der Waals surface area (Å²) in [5.41, 5.74) is 5.03. The first kappa shape index (κ1) is 22.5. The summed E-state index contributed by atoms with van der Waals surface area (Å²) in [5.74, 6) is 0.744. The quantitative estimate of drug-likeness (QED) is 0.467. The average Bonchev–Trinajstić information content (AvgIpc) is 3.14. The van der Waals surface area contributed by atoms with E-state index in [0.29, 0.717) is 6.54 Å². The molecule has 0 saturated carbocycles. The van der Waals surface area contributed by atoms with Gasteiger partial charge in [-0.15, -0.1) is 5.10 Å². The van der Waals surface area contributed by atoms with Gasteiger partial charge in [0.1, 0.15) is 6.04 Å². The van der Waals surface area contributed by atoms with Crippen molar-refractivity contribution in [2.75, 3.05) is 13.1 Å². The minimum atomic E-state index is -0.281. The van der Waals surface area contributed by atoms with Crippen molar-refractivity contribution in [3.63, 3.8) is 0 Å². The maximum absolute atomic E-state index is 13.5. The predicted molar refractivity (Wildman–Crippen MR) is 134 cm³/mol. The summed E-state index contributed by atoms with van der Waals surface area (Å²) in [4.78, 5) is 19.1. The minimum Gasteiger partial charge on any atom is -0.321 e. The van der Waals surface area contributed by atoms with Crippen LogP contribution in [0.5, 0.6) is 0 Å². The van der Waals surface area contributed by atoms with Crippen LogP contribution in [-0.4, -0.2) is 43.2 Å². The van der Waals surface area contributed by atoms with Crippen molar-refractivity contribution >= 4 is 10.9 Å². The molecule has 1 N–H and O–H groups in total. The molecule has 1 aliphatic rings. The number of aromatic amines is 1. The van der Waals surface area contributed by atoms with E-state index in [1.165, 1.54) is 18.4 Å². The summed E-state index contributed by atoms with van der Waals surface area (Å²) < 4.78 is 1.88. The fourth-order valence-corrected chi connectivity index (χ4v) is 5.09. The van der Waals surface area contributed by atoms with Gasteiger partial charge in [0, 0.05) is 17.5 Å².